The summed E-state index contributed by atoms with van der Waals surface area (Å²) < 4.78 is 59.5. The molecule has 2 aliphatic rings. The Morgan fingerprint density at radius 3 is 2.70 bits per heavy atom. The summed E-state index contributed by atoms with van der Waals surface area (Å²) in [5.74, 6) is 1.63. The topological polar surface area (TPSA) is 135 Å². The lowest BCUT2D eigenvalue weighted by Gasteiger charge is -2.44. The Balaban J connectivity index is 1.14. The molecule has 2 atom stereocenters. The van der Waals surface area contributed by atoms with Crippen molar-refractivity contribution in [2.24, 2.45) is 0 Å². The van der Waals surface area contributed by atoms with Crippen LogP contribution in [0.3, 0.4) is 0 Å². The minimum absolute atomic E-state index is 0.0249. The molecular formula is C30H31F3N7O5Si. The van der Waals surface area contributed by atoms with Crippen LogP contribution in [0.25, 0.3) is 0 Å². The van der Waals surface area contributed by atoms with Gasteiger partial charge < -0.3 is 29.3 Å². The molecule has 1 aromatic carbocycles. The van der Waals surface area contributed by atoms with E-state index in [9.17, 15) is 22.8 Å². The van der Waals surface area contributed by atoms with E-state index in [1.807, 2.05) is 6.07 Å². The third kappa shape index (κ3) is 7.43. The first-order valence-electron chi connectivity index (χ1n) is 14.4. The van der Waals surface area contributed by atoms with E-state index in [-0.39, 0.29) is 38.1 Å². The van der Waals surface area contributed by atoms with E-state index in [0.717, 1.165) is 10.9 Å². The number of piperazine rings is 1. The van der Waals surface area contributed by atoms with Crippen LogP contribution in [-0.4, -0.2) is 93.6 Å². The Morgan fingerprint density at radius 2 is 2.00 bits per heavy atom. The van der Waals surface area contributed by atoms with E-state index in [2.05, 4.69) is 30.5 Å². The van der Waals surface area contributed by atoms with Crippen LogP contribution in [0.2, 0.25) is 0 Å². The largest absolute Gasteiger partial charge is 0.497 e. The number of hydrogen-bond donors (Lipinski definition) is 1. The number of anilines is 2. The Kier molecular flexibility index (Phi) is 9.54. The van der Waals surface area contributed by atoms with Crippen molar-refractivity contribution >= 4 is 27.7 Å². The predicted octanol–water partition coefficient (Wildman–Crippen LogP) is 2.40. The normalized spacial score (nSPS) is 17.2. The van der Waals surface area contributed by atoms with Gasteiger partial charge in [-0.2, -0.15) is 23.5 Å². The van der Waals surface area contributed by atoms with E-state index >= 15 is 0 Å². The van der Waals surface area contributed by atoms with Crippen LogP contribution in [0.1, 0.15) is 30.0 Å². The highest BCUT2D eigenvalue weighted by Gasteiger charge is 2.40. The zero-order valence-electron chi connectivity index (χ0n) is 25.1. The van der Waals surface area contributed by atoms with Crippen LogP contribution in [0.15, 0.2) is 47.5 Å². The van der Waals surface area contributed by atoms with Crippen molar-refractivity contribution in [3.8, 4) is 17.6 Å². The molecule has 0 bridgehead atoms. The van der Waals surface area contributed by atoms with Crippen LogP contribution >= 0.6 is 0 Å². The number of halogens is 3. The van der Waals surface area contributed by atoms with Gasteiger partial charge in [0.2, 0.25) is 5.91 Å². The number of pyridine rings is 1. The van der Waals surface area contributed by atoms with E-state index in [4.69, 9.17) is 19.5 Å². The number of methoxy groups -OCH3 is 1. The summed E-state index contributed by atoms with van der Waals surface area (Å²) >= 11 is 0. The molecule has 0 spiro atoms. The molecule has 4 heterocycles. The molecule has 2 aliphatic heterocycles. The van der Waals surface area contributed by atoms with Gasteiger partial charge in [0, 0.05) is 37.1 Å². The molecule has 1 fully saturated rings. The first-order chi connectivity index (χ1) is 21.9. The van der Waals surface area contributed by atoms with Gasteiger partial charge in [-0.15, -0.1) is 0 Å². The van der Waals surface area contributed by atoms with E-state index in [1.54, 1.807) is 42.2 Å². The Hall–Kier alpha value is -4.62. The number of amides is 1. The standard InChI is InChI=1S/C30H31F3N7O5Si/c1-29(46,37-23-14-36-40(28(42)26(23)30(31,32)33)15-19-3-5-22(43-2)6-4-19)18-44-10-7-25(41)38-8-9-39-21(16-38)17-45-24-11-20(12-34)13-35-27(24)39/h3-6,11,13-14,21,37H,7-10,15-18H2,1-2H3. The summed E-state index contributed by atoms with van der Waals surface area (Å²) in [5.41, 5.74) is -2.20. The van der Waals surface area contributed by atoms with Crippen molar-refractivity contribution in [3.63, 3.8) is 0 Å². The average molecular weight is 655 g/mol. The van der Waals surface area contributed by atoms with Gasteiger partial charge >= 0.3 is 6.18 Å². The number of carbonyl (C=O) groups is 1. The molecule has 3 radical (unpaired) electrons. The van der Waals surface area contributed by atoms with E-state index < -0.39 is 28.1 Å². The van der Waals surface area contributed by atoms with Crippen molar-refractivity contribution in [2.75, 3.05) is 56.8 Å². The van der Waals surface area contributed by atoms with Gasteiger partial charge in [0.05, 0.1) is 67.0 Å². The van der Waals surface area contributed by atoms with Gasteiger partial charge in [0.25, 0.3) is 5.56 Å². The molecule has 2 aromatic heterocycles. The molecule has 241 valence electrons. The number of benzene rings is 1. The third-order valence-corrected chi connectivity index (χ3v) is 7.85. The third-order valence-electron chi connectivity index (χ3n) is 7.58. The Labute approximate surface area is 266 Å². The van der Waals surface area contributed by atoms with Gasteiger partial charge in [-0.1, -0.05) is 12.1 Å². The second-order valence-corrected chi connectivity index (χ2v) is 12.3. The number of alkyl halides is 3. The maximum Gasteiger partial charge on any atom is 0.423 e. The second-order valence-electron chi connectivity index (χ2n) is 11.2. The highest BCUT2D eigenvalue weighted by molar-refractivity contribution is 6.16. The van der Waals surface area contributed by atoms with Gasteiger partial charge in [0.1, 0.15) is 24.0 Å². The molecule has 46 heavy (non-hydrogen) atoms. The number of nitriles is 1. The zero-order valence-corrected chi connectivity index (χ0v) is 26.1. The molecule has 3 aromatic rings. The Bertz CT molecular complexity index is 1680. The molecule has 1 saturated heterocycles. The minimum Gasteiger partial charge on any atom is -0.497 e. The fraction of sp³-hybridized carbons (Fsp3) is 0.433. The molecule has 16 heteroatoms. The van der Waals surface area contributed by atoms with E-state index in [1.165, 1.54) is 13.3 Å². The summed E-state index contributed by atoms with van der Waals surface area (Å²) in [6.07, 6.45) is -2.44. The lowest BCUT2D eigenvalue weighted by molar-refractivity contribution is -0.138. The van der Waals surface area contributed by atoms with Crippen LogP contribution in [0, 0.1) is 11.3 Å². The molecular weight excluding hydrogens is 623 g/mol. The van der Waals surface area contributed by atoms with Gasteiger partial charge in [-0.3, -0.25) is 9.59 Å². The van der Waals surface area contributed by atoms with Crippen molar-refractivity contribution in [2.45, 2.75) is 37.3 Å². The summed E-state index contributed by atoms with van der Waals surface area (Å²) in [5, 5.41) is 14.5. The summed E-state index contributed by atoms with van der Waals surface area (Å²) in [6.45, 7) is 3.06. The van der Waals surface area contributed by atoms with Crippen LogP contribution < -0.4 is 25.2 Å². The Morgan fingerprint density at radius 1 is 1.24 bits per heavy atom. The first-order valence-corrected chi connectivity index (χ1v) is 14.9. The number of carbonyl (C=O) groups excluding carboxylic acids is 1. The summed E-state index contributed by atoms with van der Waals surface area (Å²) in [4.78, 5) is 34.0. The fourth-order valence-corrected chi connectivity index (χ4v) is 5.55. The number of hydrogen-bond acceptors (Lipinski definition) is 10. The lowest BCUT2D eigenvalue weighted by Crippen LogP contribution is -2.58. The smallest absolute Gasteiger partial charge is 0.423 e. The number of fused-ring (bicyclic) bond motifs is 3. The summed E-state index contributed by atoms with van der Waals surface area (Å²) in [6, 6.07) is 10.2. The molecule has 1 N–H and O–H groups in total. The van der Waals surface area contributed by atoms with Crippen molar-refractivity contribution in [1.29, 1.82) is 5.26 Å². The van der Waals surface area contributed by atoms with Crippen LogP contribution in [0.4, 0.5) is 24.7 Å². The number of rotatable bonds is 10. The van der Waals surface area contributed by atoms with Crippen molar-refractivity contribution in [3.05, 3.63) is 69.8 Å². The molecule has 0 aliphatic carbocycles. The van der Waals surface area contributed by atoms with Gasteiger partial charge in [-0.05, 0) is 24.6 Å². The number of ether oxygens (including phenoxy) is 3. The van der Waals surface area contributed by atoms with Gasteiger partial charge in [-0.25, -0.2) is 9.67 Å². The van der Waals surface area contributed by atoms with Crippen LogP contribution in [0.5, 0.6) is 11.5 Å². The number of nitrogens with one attached hydrogen (secondary N) is 1. The van der Waals surface area contributed by atoms with Gasteiger partial charge in [0.15, 0.2) is 11.6 Å². The predicted molar refractivity (Wildman–Crippen MR) is 161 cm³/mol. The maximum absolute atomic E-state index is 14.1. The van der Waals surface area contributed by atoms with Crippen LogP contribution in [-0.2, 0) is 22.3 Å². The molecule has 12 nitrogen and oxygen atoms in total. The quantitative estimate of drug-likeness (QED) is 0.257. The number of nitrogens with zero attached hydrogens (tertiary/aromatic N) is 6. The monoisotopic (exact) mass is 654 g/mol. The zero-order chi connectivity index (χ0) is 33.1. The average Bonchev–Trinajstić information content (AvgIpc) is 3.03. The van der Waals surface area contributed by atoms with Crippen molar-refractivity contribution < 1.29 is 32.2 Å². The second kappa shape index (κ2) is 13.4. The molecule has 0 saturated carbocycles. The fourth-order valence-electron chi connectivity index (χ4n) is 5.31. The highest BCUT2D eigenvalue weighted by atomic mass is 28.1. The maximum atomic E-state index is 14.1. The van der Waals surface area contributed by atoms with Crippen molar-refractivity contribution in [1.82, 2.24) is 19.7 Å². The molecule has 2 unspecified atom stereocenters. The lowest BCUT2D eigenvalue weighted by atomic mass is 10.1. The first kappa shape index (κ1) is 32.8. The molecule has 1 amide bonds. The minimum atomic E-state index is -4.95. The molecule has 5 rings (SSSR count). The van der Waals surface area contributed by atoms with E-state index in [0.29, 0.717) is 54.7 Å². The highest BCUT2D eigenvalue weighted by Crippen LogP contribution is 2.34. The summed E-state index contributed by atoms with van der Waals surface area (Å²) in [7, 11) is 4.90. The number of aromatic nitrogens is 3. The SMILES string of the molecule is COc1ccc(Cn2ncc(NC(C)([Si])COCCC(=O)N3CCN4c5ncc(C#N)cc5OCC4C3)c(C(F)(F)F)c2=O)cc1.